The van der Waals surface area contributed by atoms with Crippen molar-refractivity contribution in [2.45, 2.75) is 58.1 Å². The zero-order valence-corrected chi connectivity index (χ0v) is 23.7. The fourth-order valence-electron chi connectivity index (χ4n) is 6.74. The number of imide groups is 1. The number of aliphatic hydroxyl groups is 1. The molecule has 2 aromatic rings. The summed E-state index contributed by atoms with van der Waals surface area (Å²) in [6.45, 7) is 2.17. The van der Waals surface area contributed by atoms with E-state index in [-0.39, 0.29) is 30.9 Å². The van der Waals surface area contributed by atoms with E-state index >= 15 is 0 Å². The van der Waals surface area contributed by atoms with Crippen molar-refractivity contribution >= 4 is 36.4 Å². The fraction of sp³-hybridized carbons (Fsp3) is 0.467. The summed E-state index contributed by atoms with van der Waals surface area (Å²) < 4.78 is 17.2. The highest BCUT2D eigenvalue weighted by Gasteiger charge is 2.57. The number of allylic oxidation sites excluding steroid dienone is 1. The predicted octanol–water partition coefficient (Wildman–Crippen LogP) is 4.29. The number of methoxy groups -OCH3 is 1. The first kappa shape index (κ1) is 29.9. The van der Waals surface area contributed by atoms with Crippen molar-refractivity contribution in [3.63, 3.8) is 0 Å². The van der Waals surface area contributed by atoms with Crippen LogP contribution in [-0.4, -0.2) is 53.8 Å². The van der Waals surface area contributed by atoms with E-state index in [4.69, 9.17) is 13.8 Å². The fourth-order valence-corrected chi connectivity index (χ4v) is 6.74. The topological polar surface area (TPSA) is 153 Å². The standard InChI is InChI=1S/C30H35BN2O9/c1-3-5-18(12-22-9-10-23(16-34)41-22)8-11-26-27-19(17-40-2)13-24-28(25(27)15-31(37)42-26)30(36)32(29(24)35)20-6-4-7-21(14-20)33(38)39/h4,6-7,9-10,12,14,24-26,28,34,37H,3,5,8,11,13,15-17H2,1-2H3/b18-12+/t24-,25+,26-,28-/m1/s1. The van der Waals surface area contributed by atoms with Gasteiger partial charge in [0.2, 0.25) is 11.8 Å². The van der Waals surface area contributed by atoms with Gasteiger partial charge in [-0.15, -0.1) is 0 Å². The van der Waals surface area contributed by atoms with E-state index in [0.717, 1.165) is 34.5 Å². The Morgan fingerprint density at radius 2 is 2.02 bits per heavy atom. The average molecular weight is 578 g/mol. The first-order valence-electron chi connectivity index (χ1n) is 14.3. The van der Waals surface area contributed by atoms with Crippen LogP contribution in [0.4, 0.5) is 11.4 Å². The summed E-state index contributed by atoms with van der Waals surface area (Å²) >= 11 is 0. The number of anilines is 1. The van der Waals surface area contributed by atoms with Crippen molar-refractivity contribution in [2.24, 2.45) is 17.8 Å². The lowest BCUT2D eigenvalue weighted by Crippen LogP contribution is -2.46. The van der Waals surface area contributed by atoms with Crippen LogP contribution in [0.1, 0.15) is 50.5 Å². The Morgan fingerprint density at radius 3 is 2.71 bits per heavy atom. The van der Waals surface area contributed by atoms with Crippen molar-refractivity contribution in [1.82, 2.24) is 0 Å². The van der Waals surface area contributed by atoms with Crippen LogP contribution in [0, 0.1) is 27.9 Å². The molecule has 3 aliphatic rings. The van der Waals surface area contributed by atoms with Crippen molar-refractivity contribution in [3.05, 3.63) is 74.8 Å². The lowest BCUT2D eigenvalue weighted by Gasteiger charge is -2.43. The number of nitro benzene ring substituents is 1. The van der Waals surface area contributed by atoms with E-state index in [1.165, 1.54) is 24.3 Å². The van der Waals surface area contributed by atoms with Gasteiger partial charge in [-0.25, -0.2) is 4.90 Å². The number of fused-ring (bicyclic) bond motifs is 3. The maximum absolute atomic E-state index is 13.9. The van der Waals surface area contributed by atoms with Gasteiger partial charge in [0.1, 0.15) is 18.1 Å². The number of nitrogens with zero attached hydrogens (tertiary/aromatic N) is 2. The predicted molar refractivity (Wildman–Crippen MR) is 154 cm³/mol. The summed E-state index contributed by atoms with van der Waals surface area (Å²) in [5.41, 5.74) is 2.89. The summed E-state index contributed by atoms with van der Waals surface area (Å²) in [4.78, 5) is 39.4. The number of carbonyl (C=O) groups excluding carboxylic acids is 2. The normalized spacial score (nSPS) is 24.3. The van der Waals surface area contributed by atoms with Gasteiger partial charge < -0.3 is 23.9 Å². The van der Waals surface area contributed by atoms with Gasteiger partial charge in [0.15, 0.2) is 0 Å². The molecule has 2 N–H and O–H groups in total. The first-order chi connectivity index (χ1) is 20.2. The summed E-state index contributed by atoms with van der Waals surface area (Å²) in [6, 6.07) is 9.08. The zero-order chi connectivity index (χ0) is 30.0. The summed E-state index contributed by atoms with van der Waals surface area (Å²) in [7, 11) is 0.461. The first-order valence-corrected chi connectivity index (χ1v) is 14.3. The van der Waals surface area contributed by atoms with Crippen LogP contribution < -0.4 is 4.90 Å². The molecule has 0 saturated carbocycles. The van der Waals surface area contributed by atoms with E-state index in [9.17, 15) is 29.8 Å². The summed E-state index contributed by atoms with van der Waals surface area (Å²) in [6.07, 6.45) is 4.90. The minimum atomic E-state index is -1.11. The van der Waals surface area contributed by atoms with Crippen molar-refractivity contribution in [1.29, 1.82) is 0 Å². The van der Waals surface area contributed by atoms with Gasteiger partial charge >= 0.3 is 7.12 Å². The molecule has 4 atom stereocenters. The second-order valence-corrected chi connectivity index (χ2v) is 11.1. The van der Waals surface area contributed by atoms with Gasteiger partial charge in [-0.2, -0.15) is 0 Å². The number of hydrogen-bond donors (Lipinski definition) is 2. The Labute approximate surface area is 244 Å². The number of furan rings is 1. The molecule has 2 amide bonds. The van der Waals surface area contributed by atoms with Crippen LogP contribution in [-0.2, 0) is 25.6 Å². The second kappa shape index (κ2) is 12.7. The molecule has 0 spiro atoms. The van der Waals surface area contributed by atoms with Gasteiger partial charge in [-0.05, 0) is 73.3 Å². The second-order valence-electron chi connectivity index (χ2n) is 11.1. The minimum Gasteiger partial charge on any atom is -0.459 e. The molecule has 5 rings (SSSR count). The number of hydrogen-bond acceptors (Lipinski definition) is 9. The molecule has 2 aliphatic heterocycles. The number of nitro groups is 1. The molecule has 2 saturated heterocycles. The highest BCUT2D eigenvalue weighted by atomic mass is 16.6. The van der Waals surface area contributed by atoms with E-state index in [1.54, 1.807) is 13.2 Å². The molecule has 1 aliphatic carbocycles. The van der Waals surface area contributed by atoms with Crippen LogP contribution in [0.15, 0.2) is 57.5 Å². The summed E-state index contributed by atoms with van der Waals surface area (Å²) in [5.74, 6) is -1.47. The largest absolute Gasteiger partial charge is 0.459 e. The molecule has 0 unspecified atom stereocenters. The van der Waals surface area contributed by atoms with E-state index in [2.05, 4.69) is 6.92 Å². The smallest absolute Gasteiger partial charge is 0.455 e. The zero-order valence-electron chi connectivity index (χ0n) is 23.7. The Kier molecular flexibility index (Phi) is 9.07. The maximum atomic E-state index is 13.9. The third kappa shape index (κ3) is 5.85. The lowest BCUT2D eigenvalue weighted by atomic mass is 9.58. The molecule has 0 radical (unpaired) electrons. The number of non-ortho nitro benzene ring substituents is 1. The van der Waals surface area contributed by atoms with Crippen LogP contribution in [0.5, 0.6) is 0 Å². The van der Waals surface area contributed by atoms with Crippen LogP contribution >= 0.6 is 0 Å². The number of benzene rings is 1. The van der Waals surface area contributed by atoms with Gasteiger partial charge in [0.05, 0.1) is 35.2 Å². The molecular weight excluding hydrogens is 543 g/mol. The number of rotatable bonds is 11. The molecule has 1 aromatic carbocycles. The Hall–Kier alpha value is -3.58. The molecule has 1 aromatic heterocycles. The monoisotopic (exact) mass is 578 g/mol. The van der Waals surface area contributed by atoms with Gasteiger partial charge in [-0.3, -0.25) is 19.7 Å². The van der Waals surface area contributed by atoms with Crippen molar-refractivity contribution in [3.8, 4) is 0 Å². The quantitative estimate of drug-likeness (QED) is 0.131. The lowest BCUT2D eigenvalue weighted by molar-refractivity contribution is -0.384. The van der Waals surface area contributed by atoms with E-state index < -0.39 is 47.7 Å². The molecule has 0 bridgehead atoms. The van der Waals surface area contributed by atoms with Gasteiger partial charge in [0.25, 0.3) is 5.69 Å². The van der Waals surface area contributed by atoms with E-state index in [0.29, 0.717) is 30.8 Å². The molecule has 2 fully saturated rings. The third-order valence-electron chi connectivity index (χ3n) is 8.41. The number of ether oxygens (including phenoxy) is 1. The van der Waals surface area contributed by atoms with Crippen molar-refractivity contribution in [2.75, 3.05) is 18.6 Å². The SMILES string of the molecule is CCC/C(=C\c1ccc(CO)o1)CC[C@H]1OB(O)C[C@H]2C1=C(COC)C[C@H]1C(=O)N(c3cccc([N+](=O)[O-])c3)C(=O)[C@H]12. The third-order valence-corrected chi connectivity index (χ3v) is 8.41. The number of aliphatic hydroxyl groups excluding tert-OH is 1. The highest BCUT2D eigenvalue weighted by molar-refractivity contribution is 6.43. The maximum Gasteiger partial charge on any atom is 0.455 e. The molecule has 11 nitrogen and oxygen atoms in total. The number of amides is 2. The number of carbonyl (C=O) groups is 2. The van der Waals surface area contributed by atoms with Gasteiger partial charge in [-0.1, -0.05) is 25.0 Å². The average Bonchev–Trinajstić information content (AvgIpc) is 3.52. The van der Waals surface area contributed by atoms with Crippen LogP contribution in [0.2, 0.25) is 6.32 Å². The molecule has 222 valence electrons. The Morgan fingerprint density at radius 1 is 1.21 bits per heavy atom. The van der Waals surface area contributed by atoms with E-state index in [1.807, 2.05) is 12.1 Å². The van der Waals surface area contributed by atoms with Crippen molar-refractivity contribution < 1.29 is 38.5 Å². The molecule has 42 heavy (non-hydrogen) atoms. The Balaban J connectivity index is 1.44. The minimum absolute atomic E-state index is 0.163. The van der Waals surface area contributed by atoms with Crippen LogP contribution in [0.3, 0.4) is 0 Å². The summed E-state index contributed by atoms with van der Waals surface area (Å²) in [5, 5.41) is 31.5. The molecule has 12 heteroatoms. The molecule has 3 heterocycles. The molecular formula is C30H35BN2O9. The van der Waals surface area contributed by atoms with Gasteiger partial charge in [0, 0.05) is 19.2 Å². The Bertz CT molecular complexity index is 1420. The highest BCUT2D eigenvalue weighted by Crippen LogP contribution is 2.51. The van der Waals surface area contributed by atoms with Crippen LogP contribution in [0.25, 0.3) is 6.08 Å².